The van der Waals surface area contributed by atoms with Crippen molar-refractivity contribution >= 4 is 5.91 Å². The number of rotatable bonds is 6. The molecule has 0 radical (unpaired) electrons. The van der Waals surface area contributed by atoms with Crippen molar-refractivity contribution in [2.24, 2.45) is 0 Å². The molecule has 1 heterocycles. The van der Waals surface area contributed by atoms with E-state index < -0.39 is 0 Å². The van der Waals surface area contributed by atoms with Gasteiger partial charge in [0, 0.05) is 24.2 Å². The number of benzene rings is 4. The maximum Gasteiger partial charge on any atom is 0.254 e. The van der Waals surface area contributed by atoms with Crippen molar-refractivity contribution in [3.05, 3.63) is 119 Å². The Kier molecular flexibility index (Phi) is 6.30. The molecule has 0 saturated carbocycles. The maximum atomic E-state index is 13.3. The number of fused-ring (bicyclic) bond motifs is 1. The lowest BCUT2D eigenvalue weighted by Gasteiger charge is -2.29. The molecule has 5 rings (SSSR count). The van der Waals surface area contributed by atoms with Crippen molar-refractivity contribution in [3.8, 4) is 22.6 Å². The minimum atomic E-state index is 0.0330. The van der Waals surface area contributed by atoms with E-state index in [1.165, 1.54) is 16.7 Å². The number of nitrogens with zero attached hydrogens (tertiary/aromatic N) is 1. The second kappa shape index (κ2) is 9.84. The normalized spacial score (nSPS) is 12.7. The van der Waals surface area contributed by atoms with E-state index in [-0.39, 0.29) is 5.91 Å². The second-order valence-electron chi connectivity index (χ2n) is 8.45. The van der Waals surface area contributed by atoms with Gasteiger partial charge in [-0.15, -0.1) is 0 Å². The largest absolute Gasteiger partial charge is 0.496 e. The van der Waals surface area contributed by atoms with Crippen LogP contribution in [-0.4, -0.2) is 24.5 Å². The topological polar surface area (TPSA) is 38.8 Å². The number of carbonyl (C=O) groups excluding carboxylic acids is 1. The third-order valence-electron chi connectivity index (χ3n) is 6.30. The van der Waals surface area contributed by atoms with E-state index in [4.69, 9.17) is 9.47 Å². The van der Waals surface area contributed by atoms with Crippen LogP contribution in [0.5, 0.6) is 11.5 Å². The van der Waals surface area contributed by atoms with Gasteiger partial charge in [0.2, 0.25) is 0 Å². The smallest absolute Gasteiger partial charge is 0.254 e. The zero-order chi connectivity index (χ0) is 23.3. The van der Waals surface area contributed by atoms with Crippen molar-refractivity contribution in [2.75, 3.05) is 13.7 Å². The average molecular weight is 450 g/mol. The van der Waals surface area contributed by atoms with Gasteiger partial charge in [-0.2, -0.15) is 0 Å². The molecule has 0 bridgehead atoms. The van der Waals surface area contributed by atoms with Crippen molar-refractivity contribution in [3.63, 3.8) is 0 Å². The molecule has 0 saturated heterocycles. The van der Waals surface area contributed by atoms with Gasteiger partial charge in [0.25, 0.3) is 5.91 Å². The first kappa shape index (κ1) is 21.8. The van der Waals surface area contributed by atoms with Crippen LogP contribution >= 0.6 is 0 Å². The van der Waals surface area contributed by atoms with E-state index in [9.17, 15) is 4.79 Å². The quantitative estimate of drug-likeness (QED) is 0.355. The molecular formula is C30H27NO3. The monoisotopic (exact) mass is 449 g/mol. The lowest BCUT2D eigenvalue weighted by molar-refractivity contribution is 0.0734. The fourth-order valence-electron chi connectivity index (χ4n) is 4.41. The van der Waals surface area contributed by atoms with Gasteiger partial charge in [-0.3, -0.25) is 4.79 Å². The molecule has 4 aromatic carbocycles. The summed E-state index contributed by atoms with van der Waals surface area (Å²) in [6.45, 7) is 1.68. The molecule has 4 heteroatoms. The van der Waals surface area contributed by atoms with Gasteiger partial charge in [0.05, 0.1) is 7.11 Å². The molecule has 1 aliphatic rings. The third-order valence-corrected chi connectivity index (χ3v) is 6.30. The molecular weight excluding hydrogens is 422 g/mol. The van der Waals surface area contributed by atoms with Crippen LogP contribution in [0.2, 0.25) is 0 Å². The van der Waals surface area contributed by atoms with E-state index in [1.54, 1.807) is 7.11 Å². The highest BCUT2D eigenvalue weighted by molar-refractivity contribution is 5.94. The van der Waals surface area contributed by atoms with Crippen LogP contribution < -0.4 is 9.47 Å². The molecule has 170 valence electrons. The third kappa shape index (κ3) is 4.67. The van der Waals surface area contributed by atoms with Crippen LogP contribution in [-0.2, 0) is 19.6 Å². The summed E-state index contributed by atoms with van der Waals surface area (Å²) in [4.78, 5) is 15.2. The number of methoxy groups -OCH3 is 1. The van der Waals surface area contributed by atoms with E-state index in [0.29, 0.717) is 24.5 Å². The second-order valence-corrected chi connectivity index (χ2v) is 8.45. The van der Waals surface area contributed by atoms with Crippen molar-refractivity contribution < 1.29 is 14.3 Å². The molecule has 4 nitrogen and oxygen atoms in total. The molecule has 4 aromatic rings. The lowest BCUT2D eigenvalue weighted by atomic mass is 9.99. The minimum absolute atomic E-state index is 0.0330. The molecule has 0 spiro atoms. The molecule has 0 aliphatic carbocycles. The van der Waals surface area contributed by atoms with Crippen LogP contribution in [0, 0.1) is 0 Å². The number of ether oxygens (including phenoxy) is 2. The number of hydrogen-bond donors (Lipinski definition) is 0. The predicted octanol–water partition coefficient (Wildman–Crippen LogP) is 6.14. The van der Waals surface area contributed by atoms with Crippen molar-refractivity contribution in [2.45, 2.75) is 19.6 Å². The minimum Gasteiger partial charge on any atom is -0.496 e. The Bertz CT molecular complexity index is 1280. The standard InChI is InChI=1S/C30H27NO3/c1-33-29-16-13-25(30(32)31-18-17-23-9-5-6-10-26(23)20-31)19-27(29)21-34-28-14-11-24(12-15-28)22-7-3-2-4-8-22/h2-16,19H,17-18,20-21H2,1H3. The maximum absolute atomic E-state index is 13.3. The molecule has 0 N–H and O–H groups in total. The Hall–Kier alpha value is -4.05. The zero-order valence-corrected chi connectivity index (χ0v) is 19.2. The SMILES string of the molecule is COc1ccc(C(=O)N2CCc3ccccc3C2)cc1COc1ccc(-c2ccccc2)cc1. The van der Waals surface area contributed by atoms with Crippen molar-refractivity contribution in [1.82, 2.24) is 4.90 Å². The van der Waals surface area contributed by atoms with Crippen LogP contribution in [0.1, 0.15) is 27.0 Å². The highest BCUT2D eigenvalue weighted by atomic mass is 16.5. The van der Waals surface area contributed by atoms with Gasteiger partial charge >= 0.3 is 0 Å². The summed E-state index contributed by atoms with van der Waals surface area (Å²) in [7, 11) is 1.64. The molecule has 34 heavy (non-hydrogen) atoms. The Morgan fingerprint density at radius 3 is 2.29 bits per heavy atom. The summed E-state index contributed by atoms with van der Waals surface area (Å²) in [5.74, 6) is 1.51. The molecule has 0 aromatic heterocycles. The van der Waals surface area contributed by atoms with E-state index in [2.05, 4.69) is 42.5 Å². The highest BCUT2D eigenvalue weighted by Gasteiger charge is 2.22. The van der Waals surface area contributed by atoms with Crippen LogP contribution in [0.25, 0.3) is 11.1 Å². The van der Waals surface area contributed by atoms with E-state index >= 15 is 0 Å². The first-order chi connectivity index (χ1) is 16.7. The summed E-state index contributed by atoms with van der Waals surface area (Å²) >= 11 is 0. The van der Waals surface area contributed by atoms with Crippen LogP contribution in [0.3, 0.4) is 0 Å². The highest BCUT2D eigenvalue weighted by Crippen LogP contribution is 2.26. The van der Waals surface area contributed by atoms with Crippen LogP contribution in [0.15, 0.2) is 97.1 Å². The fourth-order valence-corrected chi connectivity index (χ4v) is 4.41. The molecule has 1 aliphatic heterocycles. The van der Waals surface area contributed by atoms with Gasteiger partial charge in [-0.25, -0.2) is 0 Å². The summed E-state index contributed by atoms with van der Waals surface area (Å²) in [6.07, 6.45) is 0.882. The summed E-state index contributed by atoms with van der Waals surface area (Å²) < 4.78 is 11.6. The van der Waals surface area contributed by atoms with Gasteiger partial charge in [-0.05, 0) is 59.0 Å². The fraction of sp³-hybridized carbons (Fsp3) is 0.167. The molecule has 0 unspecified atom stereocenters. The Morgan fingerprint density at radius 1 is 0.824 bits per heavy atom. The van der Waals surface area contributed by atoms with Crippen molar-refractivity contribution in [1.29, 1.82) is 0 Å². The van der Waals surface area contributed by atoms with Gasteiger partial charge in [0.15, 0.2) is 0 Å². The Morgan fingerprint density at radius 2 is 1.53 bits per heavy atom. The average Bonchev–Trinajstić information content (AvgIpc) is 2.92. The first-order valence-electron chi connectivity index (χ1n) is 11.5. The summed E-state index contributed by atoms with van der Waals surface area (Å²) in [6, 6.07) is 32.2. The van der Waals surface area contributed by atoms with E-state index in [0.717, 1.165) is 29.8 Å². The zero-order valence-electron chi connectivity index (χ0n) is 19.2. The number of amides is 1. The molecule has 0 atom stereocenters. The lowest BCUT2D eigenvalue weighted by Crippen LogP contribution is -2.36. The number of hydrogen-bond acceptors (Lipinski definition) is 3. The van der Waals surface area contributed by atoms with Gasteiger partial charge in [-0.1, -0.05) is 66.7 Å². The molecule has 1 amide bonds. The van der Waals surface area contributed by atoms with Gasteiger partial charge in [0.1, 0.15) is 18.1 Å². The molecule has 0 fully saturated rings. The van der Waals surface area contributed by atoms with Crippen LogP contribution in [0.4, 0.5) is 0 Å². The summed E-state index contributed by atoms with van der Waals surface area (Å²) in [5.41, 5.74) is 6.35. The Balaban J connectivity index is 1.29. The number of carbonyl (C=O) groups is 1. The predicted molar refractivity (Wildman–Crippen MR) is 134 cm³/mol. The first-order valence-corrected chi connectivity index (χ1v) is 11.5. The Labute approximate surface area is 200 Å². The van der Waals surface area contributed by atoms with Gasteiger partial charge < -0.3 is 14.4 Å². The summed E-state index contributed by atoms with van der Waals surface area (Å²) in [5, 5.41) is 0. The van der Waals surface area contributed by atoms with E-state index in [1.807, 2.05) is 59.5 Å².